The molecule has 1 aromatic carbocycles. The molecule has 21 heavy (non-hydrogen) atoms. The first-order valence-electron chi connectivity index (χ1n) is 7.88. The van der Waals surface area contributed by atoms with E-state index >= 15 is 0 Å². The van der Waals surface area contributed by atoms with Gasteiger partial charge >= 0.3 is 0 Å². The van der Waals surface area contributed by atoms with Gasteiger partial charge in [0.15, 0.2) is 11.6 Å². The van der Waals surface area contributed by atoms with Gasteiger partial charge < -0.3 is 14.8 Å². The maximum Gasteiger partial charge on any atom is 0.165 e. The van der Waals surface area contributed by atoms with Gasteiger partial charge in [-0.15, -0.1) is 0 Å². The van der Waals surface area contributed by atoms with Gasteiger partial charge in [0.05, 0.1) is 6.61 Å². The lowest BCUT2D eigenvalue weighted by Gasteiger charge is -2.13. The number of nitrogens with one attached hydrogen (secondary N) is 1. The smallest absolute Gasteiger partial charge is 0.165 e. The first-order chi connectivity index (χ1) is 10.2. The van der Waals surface area contributed by atoms with Crippen LogP contribution in [0.4, 0.5) is 4.39 Å². The summed E-state index contributed by atoms with van der Waals surface area (Å²) in [5, 5.41) is 3.39. The van der Waals surface area contributed by atoms with Crippen molar-refractivity contribution in [1.29, 1.82) is 0 Å². The summed E-state index contributed by atoms with van der Waals surface area (Å²) in [5.74, 6) is 0.697. The summed E-state index contributed by atoms with van der Waals surface area (Å²) in [6, 6.07) is 5.68. The lowest BCUT2D eigenvalue weighted by molar-refractivity contribution is 0.0909. The Balaban J connectivity index is 1.75. The lowest BCUT2D eigenvalue weighted by atomic mass is 10.1. The number of hydrogen-bond donors (Lipinski definition) is 1. The Labute approximate surface area is 126 Å². The number of ether oxygens (including phenoxy) is 2. The van der Waals surface area contributed by atoms with Crippen molar-refractivity contribution in [3.05, 3.63) is 29.6 Å². The Bertz CT molecular complexity index is 433. The molecule has 4 heteroatoms. The van der Waals surface area contributed by atoms with Crippen LogP contribution < -0.4 is 10.1 Å². The molecule has 3 nitrogen and oxygen atoms in total. The number of rotatable bonds is 10. The topological polar surface area (TPSA) is 30.5 Å². The van der Waals surface area contributed by atoms with E-state index in [4.69, 9.17) is 9.47 Å². The lowest BCUT2D eigenvalue weighted by Crippen LogP contribution is -2.17. The molecular weight excluding hydrogens is 269 g/mol. The van der Waals surface area contributed by atoms with Gasteiger partial charge in [0.1, 0.15) is 6.61 Å². The van der Waals surface area contributed by atoms with E-state index in [0.29, 0.717) is 37.5 Å². The number of para-hydroxylation sites is 1. The molecule has 0 radical (unpaired) electrons. The summed E-state index contributed by atoms with van der Waals surface area (Å²) in [6.07, 6.45) is 3.47. The molecule has 0 bridgehead atoms. The highest BCUT2D eigenvalue weighted by atomic mass is 19.1. The van der Waals surface area contributed by atoms with E-state index in [0.717, 1.165) is 18.6 Å². The highest BCUT2D eigenvalue weighted by molar-refractivity contribution is 5.35. The van der Waals surface area contributed by atoms with Crippen molar-refractivity contribution in [1.82, 2.24) is 5.32 Å². The molecule has 1 fully saturated rings. The summed E-state index contributed by atoms with van der Waals surface area (Å²) in [6.45, 7) is 6.60. The number of hydrogen-bond acceptors (Lipinski definition) is 3. The van der Waals surface area contributed by atoms with E-state index < -0.39 is 0 Å². The molecule has 1 aliphatic rings. The van der Waals surface area contributed by atoms with Crippen LogP contribution in [0.1, 0.15) is 38.7 Å². The van der Waals surface area contributed by atoms with Crippen LogP contribution in [0.3, 0.4) is 0 Å². The van der Waals surface area contributed by atoms with Gasteiger partial charge in [0.25, 0.3) is 0 Å². The van der Waals surface area contributed by atoms with Crippen molar-refractivity contribution >= 4 is 0 Å². The van der Waals surface area contributed by atoms with Crippen LogP contribution in [-0.2, 0) is 11.3 Å². The molecule has 0 aliphatic heterocycles. The van der Waals surface area contributed by atoms with E-state index in [-0.39, 0.29) is 5.82 Å². The van der Waals surface area contributed by atoms with Crippen LogP contribution >= 0.6 is 0 Å². The molecule has 0 unspecified atom stereocenters. The molecule has 0 amide bonds. The van der Waals surface area contributed by atoms with E-state index in [2.05, 4.69) is 19.2 Å². The third kappa shape index (κ3) is 6.02. The quantitative estimate of drug-likeness (QED) is 0.670. The molecule has 0 saturated heterocycles. The molecule has 1 aliphatic carbocycles. The fourth-order valence-corrected chi connectivity index (χ4v) is 2.02. The van der Waals surface area contributed by atoms with Crippen molar-refractivity contribution in [2.75, 3.05) is 19.8 Å². The van der Waals surface area contributed by atoms with E-state index in [1.165, 1.54) is 18.9 Å². The van der Waals surface area contributed by atoms with Crippen LogP contribution in [0, 0.1) is 11.7 Å². The van der Waals surface area contributed by atoms with Gasteiger partial charge in [-0.05, 0) is 31.2 Å². The van der Waals surface area contributed by atoms with E-state index in [1.54, 1.807) is 6.07 Å². The Morgan fingerprint density at radius 1 is 1.24 bits per heavy atom. The first kappa shape index (κ1) is 16.2. The Morgan fingerprint density at radius 2 is 2.05 bits per heavy atom. The zero-order chi connectivity index (χ0) is 15.1. The van der Waals surface area contributed by atoms with Gasteiger partial charge in [-0.1, -0.05) is 26.0 Å². The fraction of sp³-hybridized carbons (Fsp3) is 0.647. The standard InChI is InChI=1S/C17H26FNO2/c1-13(2)8-9-20-10-11-21-17-14(4-3-5-16(17)18)12-19-15-6-7-15/h3-5,13,15,19H,6-12H2,1-2H3. The fourth-order valence-electron chi connectivity index (χ4n) is 2.02. The monoisotopic (exact) mass is 295 g/mol. The average Bonchev–Trinajstić information content (AvgIpc) is 3.26. The predicted molar refractivity (Wildman–Crippen MR) is 82.0 cm³/mol. The van der Waals surface area contributed by atoms with Crippen LogP contribution in [0.25, 0.3) is 0 Å². The molecular formula is C17H26FNO2. The molecule has 1 saturated carbocycles. The summed E-state index contributed by atoms with van der Waals surface area (Å²) >= 11 is 0. The highest BCUT2D eigenvalue weighted by Crippen LogP contribution is 2.25. The summed E-state index contributed by atoms with van der Waals surface area (Å²) < 4.78 is 25.0. The predicted octanol–water partition coefficient (Wildman–Crippen LogP) is 3.52. The SMILES string of the molecule is CC(C)CCOCCOc1c(F)cccc1CNC1CC1. The molecule has 0 atom stereocenters. The minimum atomic E-state index is -0.299. The Hall–Kier alpha value is -1.13. The average molecular weight is 295 g/mol. The number of benzene rings is 1. The molecule has 0 aromatic heterocycles. The van der Waals surface area contributed by atoms with Crippen molar-refractivity contribution in [3.63, 3.8) is 0 Å². The molecule has 0 spiro atoms. The Morgan fingerprint density at radius 3 is 2.76 bits per heavy atom. The van der Waals surface area contributed by atoms with Gasteiger partial charge in [-0.2, -0.15) is 0 Å². The van der Waals surface area contributed by atoms with Crippen molar-refractivity contribution in [2.24, 2.45) is 5.92 Å². The normalized spacial score (nSPS) is 14.7. The van der Waals surface area contributed by atoms with Crippen molar-refractivity contribution in [3.8, 4) is 5.75 Å². The summed E-state index contributed by atoms with van der Waals surface area (Å²) in [4.78, 5) is 0. The largest absolute Gasteiger partial charge is 0.488 e. The summed E-state index contributed by atoms with van der Waals surface area (Å²) in [5.41, 5.74) is 0.879. The molecule has 1 aromatic rings. The second-order valence-corrected chi connectivity index (χ2v) is 6.03. The minimum absolute atomic E-state index is 0.299. The van der Waals surface area contributed by atoms with Gasteiger partial charge in [-0.25, -0.2) is 4.39 Å². The first-order valence-corrected chi connectivity index (χ1v) is 7.88. The van der Waals surface area contributed by atoms with E-state index in [1.807, 2.05) is 6.07 Å². The third-order valence-electron chi connectivity index (χ3n) is 3.52. The summed E-state index contributed by atoms with van der Waals surface area (Å²) in [7, 11) is 0. The Kier molecular flexibility index (Phi) is 6.46. The van der Waals surface area contributed by atoms with Gasteiger partial charge in [0.2, 0.25) is 0 Å². The zero-order valence-electron chi connectivity index (χ0n) is 13.0. The molecule has 1 N–H and O–H groups in total. The van der Waals surface area contributed by atoms with Crippen molar-refractivity contribution < 1.29 is 13.9 Å². The van der Waals surface area contributed by atoms with E-state index in [9.17, 15) is 4.39 Å². The maximum absolute atomic E-state index is 13.9. The van der Waals surface area contributed by atoms with Crippen LogP contribution in [0.5, 0.6) is 5.75 Å². The maximum atomic E-state index is 13.9. The molecule has 118 valence electrons. The van der Waals surface area contributed by atoms with Crippen LogP contribution in [0.2, 0.25) is 0 Å². The second kappa shape index (κ2) is 8.35. The third-order valence-corrected chi connectivity index (χ3v) is 3.52. The molecule has 0 heterocycles. The van der Waals surface area contributed by atoms with Gasteiger partial charge in [-0.3, -0.25) is 0 Å². The number of halogens is 1. The second-order valence-electron chi connectivity index (χ2n) is 6.03. The van der Waals surface area contributed by atoms with Gasteiger partial charge in [0, 0.05) is 24.8 Å². The zero-order valence-corrected chi connectivity index (χ0v) is 13.0. The van der Waals surface area contributed by atoms with Crippen molar-refractivity contribution in [2.45, 2.75) is 45.7 Å². The highest BCUT2D eigenvalue weighted by Gasteiger charge is 2.21. The van der Waals surface area contributed by atoms with Crippen LogP contribution in [-0.4, -0.2) is 25.9 Å². The minimum Gasteiger partial charge on any atom is -0.488 e. The van der Waals surface area contributed by atoms with Crippen LogP contribution in [0.15, 0.2) is 18.2 Å². The molecule has 2 rings (SSSR count).